The Balaban J connectivity index is 1.33. The molecule has 3 aromatic rings. The van der Waals surface area contributed by atoms with Gasteiger partial charge in [0, 0.05) is 119 Å². The van der Waals surface area contributed by atoms with Crippen LogP contribution in [0.1, 0.15) is 166 Å². The first-order valence-electron chi connectivity index (χ1n) is 35.2. The molecule has 11 atom stereocenters. The number of carbonyl (C=O) groups is 9. The van der Waals surface area contributed by atoms with Gasteiger partial charge in [-0.05, 0) is 111 Å². The minimum atomic E-state index is -0.962. The highest BCUT2D eigenvalue weighted by molar-refractivity contribution is 9.09. The lowest BCUT2D eigenvalue weighted by molar-refractivity contribution is -0.149. The summed E-state index contributed by atoms with van der Waals surface area (Å²) in [5, 5.41) is 13.4. The van der Waals surface area contributed by atoms with E-state index >= 15 is 0 Å². The number of primary amides is 1. The number of aromatic nitrogens is 2. The highest BCUT2D eigenvalue weighted by Crippen LogP contribution is 2.32. The Morgan fingerprint density at radius 3 is 1.97 bits per heavy atom. The average molecular weight is 1530 g/mol. The number of likely N-dealkylation sites (tertiary alicyclic amines) is 1. The normalized spacial score (nSPS) is 16.2. The van der Waals surface area contributed by atoms with E-state index in [9.17, 15) is 48.7 Å². The molecule has 1 aliphatic rings. The van der Waals surface area contributed by atoms with E-state index in [0.717, 1.165) is 17.0 Å². The molecule has 0 saturated carbocycles. The molecule has 100 heavy (non-hydrogen) atoms. The molecule has 0 unspecified atom stereocenters. The first kappa shape index (κ1) is 86.1. The SMILES string of the molecule is CC[C@H](C)[C@@H]([C@@H](CC(=O)N1CCC[C@H]1[C@H](OC)[C@@H](C)C(=O)N[C@H](CN=[N+]=[N-])Cc1ccc(CC(=O)[C@H](CCCNC(N)=O)NC(=O)[C@@H](CC(=O)CCOCCOCCCC(=O)c2ccc3nc(CBr)c(CBr)nc3c2)C(C)C)cc1)OC)N(C)C(=O)[C@@H](CC(=O)[C@H](C(C)C)N(C)C)C(C)C. The second-order valence-corrected chi connectivity index (χ2v) is 28.8. The van der Waals surface area contributed by atoms with Crippen molar-refractivity contribution in [1.82, 2.24) is 40.6 Å². The molecule has 1 fully saturated rings. The molecule has 1 aromatic heterocycles. The third-order valence-corrected chi connectivity index (χ3v) is 20.2. The van der Waals surface area contributed by atoms with Crippen molar-refractivity contribution in [3.8, 4) is 0 Å². The topological polar surface area (TPSA) is 337 Å². The van der Waals surface area contributed by atoms with Gasteiger partial charge in [-0.2, -0.15) is 0 Å². The number of ketones is 4. The quantitative estimate of drug-likeness (QED) is 0.0102. The van der Waals surface area contributed by atoms with Crippen LogP contribution in [0, 0.1) is 41.4 Å². The summed E-state index contributed by atoms with van der Waals surface area (Å²) in [6.07, 6.45) is 2.07. The van der Waals surface area contributed by atoms with Gasteiger partial charge in [-0.15, -0.1) is 0 Å². The van der Waals surface area contributed by atoms with Crippen molar-refractivity contribution in [2.75, 3.05) is 81.4 Å². The number of amides is 6. The fourth-order valence-corrected chi connectivity index (χ4v) is 14.3. The van der Waals surface area contributed by atoms with Gasteiger partial charge in [0.2, 0.25) is 23.6 Å². The summed E-state index contributed by atoms with van der Waals surface area (Å²) in [4.78, 5) is 141. The Kier molecular flexibility index (Phi) is 38.1. The molecule has 6 amide bonds. The van der Waals surface area contributed by atoms with Gasteiger partial charge in [0.25, 0.3) is 0 Å². The fraction of sp³-hybridized carbons (Fsp3) is 0.685. The number of Topliss-reactive ketones (excluding diaryl/α,β-unsaturated/α-hetero) is 4. The van der Waals surface area contributed by atoms with Crippen LogP contribution >= 0.6 is 31.9 Å². The van der Waals surface area contributed by atoms with Crippen molar-refractivity contribution in [3.05, 3.63) is 81.0 Å². The van der Waals surface area contributed by atoms with Gasteiger partial charge < -0.3 is 50.4 Å². The molecule has 27 heteroatoms. The van der Waals surface area contributed by atoms with E-state index < -0.39 is 66.1 Å². The van der Waals surface area contributed by atoms with Crippen LogP contribution in [0.4, 0.5) is 4.79 Å². The predicted octanol–water partition coefficient (Wildman–Crippen LogP) is 9.86. The molecule has 1 aliphatic heterocycles. The summed E-state index contributed by atoms with van der Waals surface area (Å²) >= 11 is 6.90. The number of nitrogens with zero attached hydrogens (tertiary/aromatic N) is 8. The molecule has 2 aromatic carbocycles. The van der Waals surface area contributed by atoms with E-state index in [1.807, 2.05) is 86.5 Å². The number of benzene rings is 2. The molecular formula is C73H112Br2N12O13. The van der Waals surface area contributed by atoms with Crippen LogP contribution in [0.5, 0.6) is 0 Å². The minimum absolute atomic E-state index is 0.00909. The van der Waals surface area contributed by atoms with E-state index in [4.69, 9.17) is 24.7 Å². The van der Waals surface area contributed by atoms with Gasteiger partial charge in [-0.25, -0.2) is 14.8 Å². The second kappa shape index (κ2) is 44.3. The monoisotopic (exact) mass is 1520 g/mol. The third-order valence-electron chi connectivity index (χ3n) is 19.2. The summed E-state index contributed by atoms with van der Waals surface area (Å²) < 4.78 is 23.6. The van der Waals surface area contributed by atoms with E-state index in [-0.39, 0.29) is 155 Å². The Hall–Kier alpha value is -6.32. The number of hydrogen-bond acceptors (Lipinski definition) is 17. The van der Waals surface area contributed by atoms with Gasteiger partial charge in [-0.3, -0.25) is 43.3 Å². The number of nitrogens with one attached hydrogen (secondary N) is 3. The molecule has 0 radical (unpaired) electrons. The zero-order valence-corrected chi connectivity index (χ0v) is 64.6. The van der Waals surface area contributed by atoms with Gasteiger partial charge in [0.1, 0.15) is 5.78 Å². The lowest BCUT2D eigenvalue weighted by Gasteiger charge is -2.41. The molecule has 2 heterocycles. The summed E-state index contributed by atoms with van der Waals surface area (Å²) in [5.74, 6) is -4.18. The van der Waals surface area contributed by atoms with E-state index in [2.05, 4.69) is 67.8 Å². The highest BCUT2D eigenvalue weighted by Gasteiger charge is 2.44. The van der Waals surface area contributed by atoms with Crippen molar-refractivity contribution >= 4 is 95.7 Å². The number of ether oxygens (including phenoxy) is 4. The van der Waals surface area contributed by atoms with Crippen molar-refractivity contribution < 1.29 is 62.1 Å². The lowest BCUT2D eigenvalue weighted by atomic mass is 9.83. The van der Waals surface area contributed by atoms with Crippen molar-refractivity contribution in [3.63, 3.8) is 0 Å². The molecule has 5 N–H and O–H groups in total. The van der Waals surface area contributed by atoms with Crippen LogP contribution < -0.4 is 21.7 Å². The minimum Gasteiger partial charge on any atom is -0.379 e. The molecule has 0 aliphatic carbocycles. The number of alkyl halides is 2. The Bertz CT molecular complexity index is 3200. The smallest absolute Gasteiger partial charge is 0.312 e. The summed E-state index contributed by atoms with van der Waals surface area (Å²) in [5.41, 5.74) is 19.7. The third kappa shape index (κ3) is 26.8. The zero-order chi connectivity index (χ0) is 74.3. The maximum absolute atomic E-state index is 14.6. The average Bonchev–Trinajstić information content (AvgIpc) is 1.46. The number of azide groups is 1. The first-order valence-corrected chi connectivity index (χ1v) is 37.5. The first-order chi connectivity index (χ1) is 47.5. The predicted molar refractivity (Wildman–Crippen MR) is 393 cm³/mol. The van der Waals surface area contributed by atoms with E-state index in [1.165, 1.54) is 7.11 Å². The second-order valence-electron chi connectivity index (χ2n) is 27.7. The Morgan fingerprint density at radius 2 is 1.39 bits per heavy atom. The number of halogens is 2. The van der Waals surface area contributed by atoms with Crippen molar-refractivity contribution in [2.45, 2.75) is 199 Å². The maximum Gasteiger partial charge on any atom is 0.312 e. The number of carbonyl (C=O) groups excluding carboxylic acids is 9. The van der Waals surface area contributed by atoms with Crippen LogP contribution in [0.25, 0.3) is 21.5 Å². The van der Waals surface area contributed by atoms with Gasteiger partial charge in [0.05, 0.1) is 91.0 Å². The molecule has 1 saturated heterocycles. The number of hydrogen-bond donors (Lipinski definition) is 4. The number of urea groups is 1. The standard InChI is InChI=1S/C73H112Br2N12O13/c1-15-47(8)68(86(12)72(95)55(45(4)5)39-64(91)67(46(6)7)85(10)11)65(97-13)40-66(92)87-30-17-20-61(87)69(98-14)48(9)70(93)80-52(43-79-84-77)35-49-22-24-50(25-23-49)36-63(90)57(19-16-29-78-73(76)96)83-71(94)54(44(2)3)38-53(88)28-32-100-34-33-99-31-18-21-62(89)51-26-27-56-58(37-51)82-60(42-75)59(41-74)81-56/h22-27,37,44-48,52,54-55,57,61,65,67-69H,15-21,28-36,38-43H2,1-14H3,(H,80,93)(H,83,94)(H3,76,78,96)/t47-,48+,52-,54-,55-,57-,61-,65+,67-,68-,69+/m0/s1. The van der Waals surface area contributed by atoms with Crippen LogP contribution in [0.15, 0.2) is 47.6 Å². The van der Waals surface area contributed by atoms with Crippen LogP contribution in [-0.4, -0.2) is 201 Å². The van der Waals surface area contributed by atoms with Gasteiger partial charge in [0.15, 0.2) is 17.3 Å². The van der Waals surface area contributed by atoms with Crippen LogP contribution in [-0.2, 0) is 76.0 Å². The molecule has 556 valence electrons. The summed E-state index contributed by atoms with van der Waals surface area (Å²) in [7, 11) is 8.55. The number of fused-ring (bicyclic) bond motifs is 1. The molecule has 0 spiro atoms. The van der Waals surface area contributed by atoms with Crippen LogP contribution in [0.3, 0.4) is 0 Å². The molecule has 25 nitrogen and oxygen atoms in total. The number of likely N-dealkylation sites (N-methyl/N-ethyl adjacent to an activating group) is 2. The molecular weight excluding hydrogens is 1410 g/mol. The van der Waals surface area contributed by atoms with Crippen molar-refractivity contribution in [2.24, 2.45) is 52.3 Å². The fourth-order valence-electron chi connectivity index (χ4n) is 13.4. The summed E-state index contributed by atoms with van der Waals surface area (Å²) in [6.45, 7) is 18.8. The summed E-state index contributed by atoms with van der Waals surface area (Å²) in [6, 6.07) is 8.85. The maximum atomic E-state index is 14.6. The van der Waals surface area contributed by atoms with Gasteiger partial charge >= 0.3 is 6.03 Å². The Morgan fingerprint density at radius 1 is 0.750 bits per heavy atom. The van der Waals surface area contributed by atoms with E-state index in [1.54, 1.807) is 61.2 Å². The highest BCUT2D eigenvalue weighted by atomic mass is 79.9. The molecule has 4 rings (SSSR count). The number of nitrogens with two attached hydrogens (primary N) is 1. The van der Waals surface area contributed by atoms with Crippen molar-refractivity contribution in [1.29, 1.82) is 0 Å². The van der Waals surface area contributed by atoms with E-state index in [0.29, 0.717) is 78.1 Å². The molecule has 0 bridgehead atoms. The Labute approximate surface area is 608 Å². The number of methoxy groups -OCH3 is 2. The number of rotatable bonds is 48. The lowest BCUT2D eigenvalue weighted by Crippen LogP contribution is -2.54. The van der Waals surface area contributed by atoms with Crippen LogP contribution in [0.2, 0.25) is 0 Å². The zero-order valence-electron chi connectivity index (χ0n) is 61.4. The van der Waals surface area contributed by atoms with Gasteiger partial charge in [-0.1, -0.05) is 130 Å². The largest absolute Gasteiger partial charge is 0.379 e.